The first-order valence-corrected chi connectivity index (χ1v) is 8.08. The van der Waals surface area contributed by atoms with Crippen LogP contribution in [0, 0.1) is 0 Å². The number of carbonyl (C=O) groups is 1. The Bertz CT molecular complexity index is 698. The van der Waals surface area contributed by atoms with Crippen LogP contribution in [0.5, 0.6) is 5.75 Å². The fraction of sp³-hybridized carbons (Fsp3) is 0.176. The highest BCUT2D eigenvalue weighted by Gasteiger charge is 2.03. The van der Waals surface area contributed by atoms with Gasteiger partial charge < -0.3 is 10.1 Å². The van der Waals surface area contributed by atoms with Crippen LogP contribution in [-0.2, 0) is 4.79 Å². The zero-order valence-electron chi connectivity index (χ0n) is 13.1. The van der Waals surface area contributed by atoms with E-state index in [9.17, 15) is 4.79 Å². The molecule has 0 aliphatic heterocycles. The molecule has 0 bridgehead atoms. The monoisotopic (exact) mass is 365 g/mol. The molecule has 0 heterocycles. The molecule has 2 N–H and O–H groups in total. The van der Waals surface area contributed by atoms with Crippen molar-refractivity contribution in [2.45, 2.75) is 6.92 Å². The summed E-state index contributed by atoms with van der Waals surface area (Å²) >= 11 is 12.0. The summed E-state index contributed by atoms with van der Waals surface area (Å²) in [6.45, 7) is 2.62. The lowest BCUT2D eigenvalue weighted by Gasteiger charge is -2.07. The van der Waals surface area contributed by atoms with Gasteiger partial charge in [0.1, 0.15) is 5.75 Å². The van der Waals surface area contributed by atoms with E-state index in [1.807, 2.05) is 31.2 Å². The molecule has 0 unspecified atom stereocenters. The van der Waals surface area contributed by atoms with Crippen molar-refractivity contribution >= 4 is 41.0 Å². The van der Waals surface area contributed by atoms with Crippen molar-refractivity contribution in [3.05, 3.63) is 58.1 Å². The van der Waals surface area contributed by atoms with Crippen molar-refractivity contribution < 1.29 is 9.53 Å². The Morgan fingerprint density at radius 3 is 2.46 bits per heavy atom. The fourth-order valence-corrected chi connectivity index (χ4v) is 2.36. The molecule has 0 aliphatic rings. The predicted molar refractivity (Wildman–Crippen MR) is 98.3 cm³/mol. The zero-order valence-corrected chi connectivity index (χ0v) is 14.6. The summed E-state index contributed by atoms with van der Waals surface area (Å²) < 4.78 is 5.35. The van der Waals surface area contributed by atoms with Crippen LogP contribution in [-0.4, -0.2) is 25.3 Å². The van der Waals surface area contributed by atoms with Gasteiger partial charge in [0.15, 0.2) is 0 Å². The predicted octanol–water partition coefficient (Wildman–Crippen LogP) is 3.95. The summed E-state index contributed by atoms with van der Waals surface area (Å²) in [5.74, 6) is 0.497. The van der Waals surface area contributed by atoms with Crippen LogP contribution in [0.2, 0.25) is 10.0 Å². The molecule has 2 aromatic rings. The van der Waals surface area contributed by atoms with E-state index in [2.05, 4.69) is 15.8 Å². The lowest BCUT2D eigenvalue weighted by Crippen LogP contribution is -2.25. The van der Waals surface area contributed by atoms with Gasteiger partial charge in [0, 0.05) is 11.3 Å². The molecule has 7 heteroatoms. The van der Waals surface area contributed by atoms with E-state index < -0.39 is 0 Å². The highest BCUT2D eigenvalue weighted by atomic mass is 35.5. The first kappa shape index (κ1) is 18.1. The Morgan fingerprint density at radius 2 is 1.83 bits per heavy atom. The fourth-order valence-electron chi connectivity index (χ4n) is 1.86. The van der Waals surface area contributed by atoms with E-state index in [1.54, 1.807) is 18.2 Å². The topological polar surface area (TPSA) is 62.7 Å². The van der Waals surface area contributed by atoms with Crippen molar-refractivity contribution in [2.24, 2.45) is 5.10 Å². The molecular weight excluding hydrogens is 349 g/mol. The van der Waals surface area contributed by atoms with Crippen LogP contribution in [0.1, 0.15) is 12.5 Å². The molecule has 0 saturated heterocycles. The summed E-state index contributed by atoms with van der Waals surface area (Å²) in [5, 5.41) is 7.78. The third-order valence-electron chi connectivity index (χ3n) is 3.00. The minimum Gasteiger partial charge on any atom is -0.494 e. The Morgan fingerprint density at radius 1 is 1.17 bits per heavy atom. The highest BCUT2D eigenvalue weighted by molar-refractivity contribution is 6.38. The van der Waals surface area contributed by atoms with Crippen molar-refractivity contribution in [1.29, 1.82) is 0 Å². The number of ether oxygens (including phenoxy) is 1. The Balaban J connectivity index is 1.82. The number of halogens is 2. The van der Waals surface area contributed by atoms with Gasteiger partial charge in [0.05, 0.1) is 29.4 Å². The Labute approximate surface area is 150 Å². The van der Waals surface area contributed by atoms with E-state index in [1.165, 1.54) is 6.21 Å². The normalized spacial score (nSPS) is 10.6. The van der Waals surface area contributed by atoms with Gasteiger partial charge in [-0.1, -0.05) is 29.3 Å². The molecule has 0 aromatic heterocycles. The number of hydrogen-bond acceptors (Lipinski definition) is 4. The maximum Gasteiger partial charge on any atom is 0.259 e. The first-order valence-electron chi connectivity index (χ1n) is 7.32. The summed E-state index contributed by atoms with van der Waals surface area (Å²) in [7, 11) is 0. The van der Waals surface area contributed by atoms with Crippen molar-refractivity contribution in [2.75, 3.05) is 18.5 Å². The van der Waals surface area contributed by atoms with E-state index in [0.29, 0.717) is 22.2 Å². The number of carbonyl (C=O) groups excluding carboxylic acids is 1. The van der Waals surface area contributed by atoms with Gasteiger partial charge in [-0.25, -0.2) is 5.43 Å². The van der Waals surface area contributed by atoms with Crippen molar-refractivity contribution in [3.63, 3.8) is 0 Å². The smallest absolute Gasteiger partial charge is 0.259 e. The minimum absolute atomic E-state index is 0.0849. The van der Waals surface area contributed by atoms with Crippen LogP contribution in [0.15, 0.2) is 47.6 Å². The van der Waals surface area contributed by atoms with Gasteiger partial charge >= 0.3 is 0 Å². The molecule has 2 rings (SSSR count). The summed E-state index contributed by atoms with van der Waals surface area (Å²) in [6, 6.07) is 12.5. The number of benzene rings is 2. The summed E-state index contributed by atoms with van der Waals surface area (Å²) in [4.78, 5) is 11.8. The van der Waals surface area contributed by atoms with E-state index >= 15 is 0 Å². The molecule has 24 heavy (non-hydrogen) atoms. The Kier molecular flexibility index (Phi) is 6.90. The molecule has 0 fully saturated rings. The maximum atomic E-state index is 11.8. The number of amides is 1. The third-order valence-corrected chi connectivity index (χ3v) is 3.66. The van der Waals surface area contributed by atoms with Gasteiger partial charge in [-0.05, 0) is 43.3 Å². The number of hydrogen-bond donors (Lipinski definition) is 2. The largest absolute Gasteiger partial charge is 0.494 e. The molecule has 0 aliphatic carbocycles. The molecule has 2 aromatic carbocycles. The number of anilines is 1. The van der Waals surface area contributed by atoms with Crippen LogP contribution >= 0.6 is 23.2 Å². The molecule has 1 amide bonds. The van der Waals surface area contributed by atoms with Crippen molar-refractivity contribution in [1.82, 2.24) is 5.43 Å². The number of hydrazone groups is 1. The summed E-state index contributed by atoms with van der Waals surface area (Å²) in [5.41, 5.74) is 3.78. The van der Waals surface area contributed by atoms with Gasteiger partial charge in [0.2, 0.25) is 0 Å². The number of nitrogens with zero attached hydrogens (tertiary/aromatic N) is 1. The van der Waals surface area contributed by atoms with Crippen LogP contribution in [0.4, 0.5) is 5.69 Å². The highest BCUT2D eigenvalue weighted by Crippen LogP contribution is 2.22. The Hall–Kier alpha value is -2.24. The molecule has 5 nitrogen and oxygen atoms in total. The second-order valence-corrected chi connectivity index (χ2v) is 5.55. The molecule has 0 spiro atoms. The second kappa shape index (κ2) is 9.15. The van der Waals surface area contributed by atoms with Crippen LogP contribution < -0.4 is 15.5 Å². The van der Waals surface area contributed by atoms with Crippen molar-refractivity contribution in [3.8, 4) is 5.75 Å². The van der Waals surface area contributed by atoms with Gasteiger partial charge in [0.25, 0.3) is 5.91 Å². The molecular formula is C17H17Cl2N3O2. The average Bonchev–Trinajstić information content (AvgIpc) is 2.57. The zero-order chi connectivity index (χ0) is 17.4. The van der Waals surface area contributed by atoms with E-state index in [4.69, 9.17) is 27.9 Å². The quantitative estimate of drug-likeness (QED) is 0.576. The maximum absolute atomic E-state index is 11.8. The second-order valence-electron chi connectivity index (χ2n) is 4.74. The molecule has 0 saturated carbocycles. The summed E-state index contributed by atoms with van der Waals surface area (Å²) in [6.07, 6.45) is 1.42. The van der Waals surface area contributed by atoms with Crippen LogP contribution in [0.25, 0.3) is 0 Å². The SMILES string of the molecule is CCOc1ccc(NCC(=O)N/N=C\c2c(Cl)cccc2Cl)cc1. The lowest BCUT2D eigenvalue weighted by molar-refractivity contribution is -0.119. The lowest BCUT2D eigenvalue weighted by atomic mass is 10.2. The standard InChI is InChI=1S/C17H17Cl2N3O2/c1-2-24-13-8-6-12(7-9-13)20-11-17(23)22-21-10-14-15(18)4-3-5-16(14)19/h3-10,20H,2,11H2,1H3,(H,22,23)/b21-10-. The molecule has 0 atom stereocenters. The first-order chi connectivity index (χ1) is 11.6. The van der Waals surface area contributed by atoms with Gasteiger partial charge in [-0.2, -0.15) is 5.10 Å². The molecule has 126 valence electrons. The van der Waals surface area contributed by atoms with Crippen LogP contribution in [0.3, 0.4) is 0 Å². The number of nitrogens with one attached hydrogen (secondary N) is 2. The average molecular weight is 366 g/mol. The van der Waals surface area contributed by atoms with E-state index in [-0.39, 0.29) is 12.5 Å². The van der Waals surface area contributed by atoms with E-state index in [0.717, 1.165) is 11.4 Å². The van der Waals surface area contributed by atoms with Gasteiger partial charge in [-0.3, -0.25) is 4.79 Å². The van der Waals surface area contributed by atoms with Gasteiger partial charge in [-0.15, -0.1) is 0 Å². The minimum atomic E-state index is -0.289. The number of rotatable bonds is 7. The third kappa shape index (κ3) is 5.44. The molecule has 0 radical (unpaired) electrons.